The van der Waals surface area contributed by atoms with Crippen molar-refractivity contribution in [3.8, 4) is 5.75 Å². The van der Waals surface area contributed by atoms with Crippen LogP contribution in [0.15, 0.2) is 24.3 Å². The van der Waals surface area contributed by atoms with Crippen LogP contribution in [0.25, 0.3) is 0 Å². The molecule has 1 aromatic rings. The normalized spacial score (nSPS) is 14.7. The number of nitrogens with one attached hydrogen (secondary N) is 3. The summed E-state index contributed by atoms with van der Waals surface area (Å²) >= 11 is 0. The van der Waals surface area contributed by atoms with Crippen molar-refractivity contribution in [2.24, 2.45) is 11.7 Å². The maximum Gasteiger partial charge on any atom is 0.326 e. The first-order valence-electron chi connectivity index (χ1n) is 11.9. The van der Waals surface area contributed by atoms with Crippen molar-refractivity contribution >= 4 is 35.6 Å². The van der Waals surface area contributed by atoms with Gasteiger partial charge in [0.25, 0.3) is 0 Å². The maximum absolute atomic E-state index is 13.1. The molecule has 0 aliphatic heterocycles. The monoisotopic (exact) mass is 538 g/mol. The first-order valence-corrected chi connectivity index (χ1v) is 11.9. The molecule has 0 heterocycles. The Labute approximate surface area is 218 Å². The summed E-state index contributed by atoms with van der Waals surface area (Å²) in [4.78, 5) is 72.1. The molecule has 0 saturated carbocycles. The fraction of sp³-hybridized carbons (Fsp3) is 0.500. The standard InChI is InChI=1S/C24H34N4O10/c1-3-12(2)20(23(36)27-17(24(37)38)10-13-4-6-14(29)7-5-13)28-22(35)16(8-9-18(30)31)26-21(34)15(25)11-19(32)33/h4-7,12,15-17,20,29H,3,8-11,25H2,1-2H3,(H,26,34)(H,27,36)(H,28,35)(H,30,31)(H,32,33)(H,37,38). The first kappa shape index (κ1) is 31.8. The van der Waals surface area contributed by atoms with Crippen LogP contribution >= 0.6 is 0 Å². The quantitative estimate of drug-likeness (QED) is 0.129. The van der Waals surface area contributed by atoms with Crippen molar-refractivity contribution in [1.82, 2.24) is 16.0 Å². The molecule has 5 unspecified atom stereocenters. The summed E-state index contributed by atoms with van der Waals surface area (Å²) in [6.45, 7) is 3.37. The van der Waals surface area contributed by atoms with Gasteiger partial charge in [0, 0.05) is 12.8 Å². The summed E-state index contributed by atoms with van der Waals surface area (Å²) in [5.74, 6) is -7.20. The van der Waals surface area contributed by atoms with Gasteiger partial charge in [-0.3, -0.25) is 24.0 Å². The topological polar surface area (TPSA) is 245 Å². The maximum atomic E-state index is 13.1. The summed E-state index contributed by atoms with van der Waals surface area (Å²) < 4.78 is 0. The number of phenols is 1. The van der Waals surface area contributed by atoms with Gasteiger partial charge in [0.05, 0.1) is 12.5 Å². The van der Waals surface area contributed by atoms with Gasteiger partial charge < -0.3 is 42.1 Å². The molecule has 14 nitrogen and oxygen atoms in total. The Morgan fingerprint density at radius 2 is 1.42 bits per heavy atom. The average molecular weight is 539 g/mol. The molecule has 3 amide bonds. The van der Waals surface area contributed by atoms with Gasteiger partial charge in [-0.15, -0.1) is 0 Å². The lowest BCUT2D eigenvalue weighted by Gasteiger charge is -2.28. The van der Waals surface area contributed by atoms with Crippen molar-refractivity contribution < 1.29 is 49.2 Å². The van der Waals surface area contributed by atoms with Gasteiger partial charge in [-0.05, 0) is 30.0 Å². The second kappa shape index (κ2) is 15.1. The fourth-order valence-electron chi connectivity index (χ4n) is 3.38. The highest BCUT2D eigenvalue weighted by atomic mass is 16.4. The number of rotatable bonds is 16. The van der Waals surface area contributed by atoms with E-state index in [2.05, 4.69) is 16.0 Å². The van der Waals surface area contributed by atoms with E-state index in [9.17, 15) is 39.0 Å². The van der Waals surface area contributed by atoms with Gasteiger partial charge in [-0.25, -0.2) is 4.79 Å². The molecule has 0 aliphatic carbocycles. The average Bonchev–Trinajstić information content (AvgIpc) is 2.84. The molecule has 0 fully saturated rings. The number of carbonyl (C=O) groups is 6. The number of hydrogen-bond acceptors (Lipinski definition) is 8. The van der Waals surface area contributed by atoms with Gasteiger partial charge in [-0.2, -0.15) is 0 Å². The van der Waals surface area contributed by atoms with Crippen LogP contribution in [0.3, 0.4) is 0 Å². The zero-order valence-electron chi connectivity index (χ0n) is 21.0. The van der Waals surface area contributed by atoms with E-state index in [4.69, 9.17) is 15.9 Å². The number of carbonyl (C=O) groups excluding carboxylic acids is 3. The molecule has 1 rings (SSSR count). The summed E-state index contributed by atoms with van der Waals surface area (Å²) in [6.07, 6.45) is -1.35. The molecule has 0 aromatic heterocycles. The van der Waals surface area contributed by atoms with Gasteiger partial charge in [0.2, 0.25) is 17.7 Å². The predicted octanol–water partition coefficient (Wildman–Crippen LogP) is -0.813. The molecular formula is C24H34N4O10. The lowest BCUT2D eigenvalue weighted by atomic mass is 9.96. The number of nitrogens with two attached hydrogens (primary N) is 1. The lowest BCUT2D eigenvalue weighted by molar-refractivity contribution is -0.142. The van der Waals surface area contributed by atoms with E-state index in [1.165, 1.54) is 24.3 Å². The largest absolute Gasteiger partial charge is 0.508 e. The Morgan fingerprint density at radius 1 is 0.842 bits per heavy atom. The number of phenolic OH excluding ortho intramolecular Hbond substituents is 1. The molecule has 0 radical (unpaired) electrons. The van der Waals surface area contributed by atoms with Crippen LogP contribution in [0.5, 0.6) is 5.75 Å². The van der Waals surface area contributed by atoms with E-state index in [-0.39, 0.29) is 18.6 Å². The van der Waals surface area contributed by atoms with E-state index < -0.39 is 78.6 Å². The van der Waals surface area contributed by atoms with Crippen LogP contribution in [0.4, 0.5) is 0 Å². The Hall–Kier alpha value is -4.20. The Kier molecular flexibility index (Phi) is 12.7. The number of aromatic hydroxyl groups is 1. The third kappa shape index (κ3) is 10.8. The van der Waals surface area contributed by atoms with Crippen molar-refractivity contribution in [1.29, 1.82) is 0 Å². The molecule has 5 atom stereocenters. The van der Waals surface area contributed by atoms with Crippen molar-refractivity contribution in [3.63, 3.8) is 0 Å². The molecule has 0 bridgehead atoms. The highest BCUT2D eigenvalue weighted by Gasteiger charge is 2.33. The van der Waals surface area contributed by atoms with Gasteiger partial charge in [-0.1, -0.05) is 32.4 Å². The summed E-state index contributed by atoms with van der Waals surface area (Å²) in [6, 6.07) is 0.158. The van der Waals surface area contributed by atoms with Crippen molar-refractivity contribution in [2.45, 2.75) is 70.1 Å². The predicted molar refractivity (Wildman–Crippen MR) is 132 cm³/mol. The van der Waals surface area contributed by atoms with Gasteiger partial charge in [0.1, 0.15) is 23.9 Å². The zero-order valence-corrected chi connectivity index (χ0v) is 21.0. The number of aliphatic carboxylic acids is 3. The van der Waals surface area contributed by atoms with Crippen LogP contribution in [0, 0.1) is 5.92 Å². The van der Waals surface area contributed by atoms with Crippen LogP contribution in [0.2, 0.25) is 0 Å². The number of benzene rings is 1. The minimum Gasteiger partial charge on any atom is -0.508 e. The molecule has 14 heteroatoms. The Balaban J connectivity index is 3.07. The minimum absolute atomic E-state index is 0.0160. The molecule has 9 N–H and O–H groups in total. The highest BCUT2D eigenvalue weighted by Crippen LogP contribution is 2.13. The summed E-state index contributed by atoms with van der Waals surface area (Å²) in [5.41, 5.74) is 6.04. The SMILES string of the molecule is CCC(C)C(NC(=O)C(CCC(=O)O)NC(=O)C(N)CC(=O)O)C(=O)NC(Cc1ccc(O)cc1)C(=O)O. The van der Waals surface area contributed by atoms with Crippen LogP contribution < -0.4 is 21.7 Å². The summed E-state index contributed by atoms with van der Waals surface area (Å²) in [7, 11) is 0. The highest BCUT2D eigenvalue weighted by molar-refractivity contribution is 5.95. The molecule has 0 aliphatic rings. The molecule has 0 spiro atoms. The van der Waals surface area contributed by atoms with E-state index in [0.717, 1.165) is 0 Å². The number of hydrogen-bond donors (Lipinski definition) is 8. The Morgan fingerprint density at radius 3 is 1.92 bits per heavy atom. The van der Waals surface area contributed by atoms with E-state index in [1.807, 2.05) is 0 Å². The Bertz CT molecular complexity index is 1010. The van der Waals surface area contributed by atoms with Gasteiger partial charge >= 0.3 is 17.9 Å². The number of carboxylic acids is 3. The molecule has 38 heavy (non-hydrogen) atoms. The van der Waals surface area contributed by atoms with E-state index in [0.29, 0.717) is 12.0 Å². The van der Waals surface area contributed by atoms with Crippen LogP contribution in [0.1, 0.15) is 45.1 Å². The van der Waals surface area contributed by atoms with Crippen LogP contribution in [-0.2, 0) is 35.2 Å². The first-order chi connectivity index (χ1) is 17.7. The molecule has 1 aromatic carbocycles. The third-order valence-electron chi connectivity index (χ3n) is 5.80. The third-order valence-corrected chi connectivity index (χ3v) is 5.80. The minimum atomic E-state index is -1.50. The zero-order chi connectivity index (χ0) is 29.0. The second-order valence-corrected chi connectivity index (χ2v) is 8.84. The van der Waals surface area contributed by atoms with Crippen molar-refractivity contribution in [2.75, 3.05) is 0 Å². The van der Waals surface area contributed by atoms with E-state index >= 15 is 0 Å². The summed E-state index contributed by atoms with van der Waals surface area (Å²) in [5, 5.41) is 43.9. The number of carboxylic acid groups (broad SMARTS) is 3. The number of amides is 3. The van der Waals surface area contributed by atoms with Gasteiger partial charge in [0.15, 0.2) is 0 Å². The second-order valence-electron chi connectivity index (χ2n) is 8.84. The molecule has 0 saturated heterocycles. The lowest BCUT2D eigenvalue weighted by Crippen LogP contribution is -2.59. The smallest absolute Gasteiger partial charge is 0.326 e. The fourth-order valence-corrected chi connectivity index (χ4v) is 3.38. The molecular weight excluding hydrogens is 504 g/mol. The van der Waals surface area contributed by atoms with Crippen molar-refractivity contribution in [3.05, 3.63) is 29.8 Å². The molecule has 210 valence electrons. The van der Waals surface area contributed by atoms with Crippen LogP contribution in [-0.4, -0.2) is 80.2 Å². The van der Waals surface area contributed by atoms with E-state index in [1.54, 1.807) is 13.8 Å².